The molecule has 41 heavy (non-hydrogen) atoms. The second-order valence-electron chi connectivity index (χ2n) is 11.4. The van der Waals surface area contributed by atoms with Crippen molar-refractivity contribution in [2.24, 2.45) is 11.3 Å². The Morgan fingerprint density at radius 1 is 0.878 bits per heavy atom. The van der Waals surface area contributed by atoms with Crippen LogP contribution in [0.25, 0.3) is 0 Å². The molecular formula is C32H34N4O5. The Labute approximate surface area is 238 Å². The highest BCUT2D eigenvalue weighted by Crippen LogP contribution is 2.38. The van der Waals surface area contributed by atoms with E-state index in [-0.39, 0.29) is 36.9 Å². The second kappa shape index (κ2) is 11.0. The van der Waals surface area contributed by atoms with Crippen LogP contribution in [0.2, 0.25) is 0 Å². The van der Waals surface area contributed by atoms with Crippen LogP contribution in [0.15, 0.2) is 77.6 Å². The zero-order valence-electron chi connectivity index (χ0n) is 23.1. The zero-order chi connectivity index (χ0) is 28.6. The third-order valence-corrected chi connectivity index (χ3v) is 8.53. The number of aromatic nitrogens is 1. The lowest BCUT2D eigenvalue weighted by atomic mass is 9.75. The predicted molar refractivity (Wildman–Crippen MR) is 152 cm³/mol. The Kier molecular flexibility index (Phi) is 7.21. The summed E-state index contributed by atoms with van der Waals surface area (Å²) in [5.74, 6) is 0.00757. The maximum absolute atomic E-state index is 14.4. The topological polar surface area (TPSA) is 101 Å². The lowest BCUT2D eigenvalue weighted by molar-refractivity contribution is -0.154. The molecule has 9 nitrogen and oxygen atoms in total. The van der Waals surface area contributed by atoms with E-state index in [1.807, 2.05) is 72.2 Å². The molecule has 0 spiro atoms. The maximum atomic E-state index is 14.4. The number of urea groups is 1. The predicted octanol–water partition coefficient (Wildman–Crippen LogP) is 3.17. The molecule has 2 saturated heterocycles. The number of ether oxygens (including phenoxy) is 1. The van der Waals surface area contributed by atoms with Crippen LogP contribution in [0, 0.1) is 11.3 Å². The Morgan fingerprint density at radius 3 is 2.41 bits per heavy atom. The number of hydrogen-bond acceptors (Lipinski definition) is 6. The molecule has 4 heterocycles. The van der Waals surface area contributed by atoms with Gasteiger partial charge in [0.1, 0.15) is 11.2 Å². The number of hydrogen-bond donors (Lipinski definition) is 1. The quantitative estimate of drug-likeness (QED) is 0.430. The van der Waals surface area contributed by atoms with Crippen molar-refractivity contribution in [1.82, 2.24) is 19.7 Å². The smallest absolute Gasteiger partial charge is 0.331 e. The van der Waals surface area contributed by atoms with Crippen molar-refractivity contribution in [3.63, 3.8) is 0 Å². The minimum absolute atomic E-state index is 0.00882. The molecule has 3 aliphatic heterocycles. The number of likely N-dealkylation sites (tertiary alicyclic amines) is 1. The van der Waals surface area contributed by atoms with Crippen molar-refractivity contribution in [3.8, 4) is 5.75 Å². The number of fused-ring (bicyclic) bond motifs is 4. The largest absolute Gasteiger partial charge is 0.494 e. The monoisotopic (exact) mass is 554 g/mol. The molecule has 3 aromatic rings. The van der Waals surface area contributed by atoms with Crippen molar-refractivity contribution in [2.45, 2.75) is 38.8 Å². The molecule has 1 aromatic heterocycles. The van der Waals surface area contributed by atoms with Gasteiger partial charge in [0.05, 0.1) is 13.2 Å². The van der Waals surface area contributed by atoms with E-state index >= 15 is 0 Å². The maximum Gasteiger partial charge on any atom is 0.331 e. The van der Waals surface area contributed by atoms with E-state index in [9.17, 15) is 19.2 Å². The van der Waals surface area contributed by atoms with Crippen LogP contribution in [-0.2, 0) is 29.1 Å². The molecular weight excluding hydrogens is 520 g/mol. The fraction of sp³-hybridized carbons (Fsp3) is 0.375. The molecule has 212 valence electrons. The van der Waals surface area contributed by atoms with Crippen molar-refractivity contribution >= 4 is 17.8 Å². The highest BCUT2D eigenvalue weighted by atomic mass is 16.5. The van der Waals surface area contributed by atoms with Crippen molar-refractivity contribution in [1.29, 1.82) is 0 Å². The van der Waals surface area contributed by atoms with E-state index in [2.05, 4.69) is 10.2 Å². The van der Waals surface area contributed by atoms with Crippen LogP contribution in [0.5, 0.6) is 5.75 Å². The number of carbonyl (C=O) groups excluding carboxylic acids is 3. The van der Waals surface area contributed by atoms with Gasteiger partial charge in [-0.25, -0.2) is 4.79 Å². The molecule has 2 bridgehead atoms. The van der Waals surface area contributed by atoms with Gasteiger partial charge in [-0.05, 0) is 55.0 Å². The molecule has 2 fully saturated rings. The molecule has 1 unspecified atom stereocenters. The minimum atomic E-state index is -1.50. The van der Waals surface area contributed by atoms with E-state index < -0.39 is 23.3 Å². The molecule has 0 radical (unpaired) electrons. The molecule has 3 atom stereocenters. The first-order valence-electron chi connectivity index (χ1n) is 14.2. The fourth-order valence-corrected chi connectivity index (χ4v) is 6.72. The summed E-state index contributed by atoms with van der Waals surface area (Å²) in [6.07, 6.45) is 1.11. The first-order valence-corrected chi connectivity index (χ1v) is 14.2. The van der Waals surface area contributed by atoms with E-state index in [0.717, 1.165) is 23.2 Å². The number of amides is 4. The van der Waals surface area contributed by atoms with Crippen LogP contribution in [0.1, 0.15) is 36.1 Å². The lowest BCUT2D eigenvalue weighted by Gasteiger charge is -2.47. The SMILES string of the molecule is CCOc1ccc(CC2(CN3C[C@H]4C[C@H](C3)c3cccc(=O)n3C4)C(=O)NC(=O)N(Cc3ccccc3)C2=O)cc1. The van der Waals surface area contributed by atoms with Gasteiger partial charge in [0.2, 0.25) is 11.8 Å². The summed E-state index contributed by atoms with van der Waals surface area (Å²) in [6, 6.07) is 21.4. The number of pyridine rings is 1. The van der Waals surface area contributed by atoms with Gasteiger partial charge in [-0.3, -0.25) is 24.6 Å². The number of nitrogens with one attached hydrogen (secondary N) is 1. The van der Waals surface area contributed by atoms with Crippen LogP contribution in [0.3, 0.4) is 0 Å². The minimum Gasteiger partial charge on any atom is -0.494 e. The number of carbonyl (C=O) groups is 3. The van der Waals surface area contributed by atoms with Gasteiger partial charge in [-0.15, -0.1) is 0 Å². The summed E-state index contributed by atoms with van der Waals surface area (Å²) in [5, 5.41) is 2.52. The fourth-order valence-electron chi connectivity index (χ4n) is 6.72. The average Bonchev–Trinajstić information content (AvgIpc) is 2.96. The Morgan fingerprint density at radius 2 is 1.66 bits per heavy atom. The molecule has 3 aliphatic rings. The number of rotatable bonds is 8. The molecule has 0 saturated carbocycles. The highest BCUT2D eigenvalue weighted by molar-refractivity contribution is 6.19. The average molecular weight is 555 g/mol. The Hall–Kier alpha value is -4.24. The van der Waals surface area contributed by atoms with Crippen molar-refractivity contribution in [2.75, 3.05) is 26.2 Å². The number of piperidine rings is 1. The lowest BCUT2D eigenvalue weighted by Crippen LogP contribution is -2.67. The first-order chi connectivity index (χ1) is 19.9. The number of benzene rings is 2. The van der Waals surface area contributed by atoms with E-state index in [1.165, 1.54) is 4.90 Å². The van der Waals surface area contributed by atoms with Gasteiger partial charge in [-0.2, -0.15) is 0 Å². The summed E-state index contributed by atoms with van der Waals surface area (Å²) >= 11 is 0. The van der Waals surface area contributed by atoms with Gasteiger partial charge in [0, 0.05) is 43.9 Å². The van der Waals surface area contributed by atoms with Crippen LogP contribution < -0.4 is 15.6 Å². The second-order valence-corrected chi connectivity index (χ2v) is 11.4. The third-order valence-electron chi connectivity index (χ3n) is 8.53. The Balaban J connectivity index is 1.34. The van der Waals surface area contributed by atoms with E-state index in [0.29, 0.717) is 32.0 Å². The normalized spacial score (nSPS) is 24.1. The number of barbiturate groups is 1. The molecule has 9 heteroatoms. The van der Waals surface area contributed by atoms with Gasteiger partial charge >= 0.3 is 6.03 Å². The van der Waals surface area contributed by atoms with Gasteiger partial charge in [-0.1, -0.05) is 48.5 Å². The van der Waals surface area contributed by atoms with Crippen LogP contribution in [0.4, 0.5) is 4.79 Å². The van der Waals surface area contributed by atoms with Gasteiger partial charge < -0.3 is 14.2 Å². The standard InChI is InChI=1S/C32H34N4O5/c1-2-41-26-13-11-22(12-14-26)16-32(29(38)33-31(40)36(30(32)39)18-23-7-4-3-5-8-23)21-34-17-24-15-25(20-34)27-9-6-10-28(37)35(27)19-24/h3-14,24-25H,2,15-21H2,1H3,(H,33,38,40)/t24-,25-,32?/m1/s1. The molecule has 0 aliphatic carbocycles. The van der Waals surface area contributed by atoms with Crippen LogP contribution >= 0.6 is 0 Å². The number of imide groups is 2. The van der Waals surface area contributed by atoms with E-state index in [4.69, 9.17) is 4.74 Å². The summed E-state index contributed by atoms with van der Waals surface area (Å²) in [6.45, 7) is 4.60. The Bertz CT molecular complexity index is 1520. The van der Waals surface area contributed by atoms with Crippen molar-refractivity contribution < 1.29 is 19.1 Å². The molecule has 2 aromatic carbocycles. The van der Waals surface area contributed by atoms with E-state index in [1.54, 1.807) is 12.1 Å². The summed E-state index contributed by atoms with van der Waals surface area (Å²) < 4.78 is 7.45. The molecule has 1 N–H and O–H groups in total. The molecule has 4 amide bonds. The van der Waals surface area contributed by atoms with Gasteiger partial charge in [0.25, 0.3) is 5.56 Å². The van der Waals surface area contributed by atoms with Gasteiger partial charge in [0.15, 0.2) is 0 Å². The summed E-state index contributed by atoms with van der Waals surface area (Å²) in [7, 11) is 0. The summed E-state index contributed by atoms with van der Waals surface area (Å²) in [5.41, 5.74) is 1.11. The zero-order valence-corrected chi connectivity index (χ0v) is 23.1. The summed E-state index contributed by atoms with van der Waals surface area (Å²) in [4.78, 5) is 57.0. The van der Waals surface area contributed by atoms with Crippen molar-refractivity contribution in [3.05, 3.63) is 100.0 Å². The first kappa shape index (κ1) is 27.0. The third kappa shape index (κ3) is 5.17. The number of nitrogens with zero attached hydrogens (tertiary/aromatic N) is 3. The molecule has 6 rings (SSSR count). The highest BCUT2D eigenvalue weighted by Gasteiger charge is 2.55. The van der Waals surface area contributed by atoms with Crippen LogP contribution in [-0.4, -0.2) is 58.5 Å².